The first-order valence-corrected chi connectivity index (χ1v) is 8.42. The number of benzene rings is 1. The molecule has 1 saturated carbocycles. The van der Waals surface area contributed by atoms with Crippen molar-refractivity contribution >= 4 is 22.5 Å². The summed E-state index contributed by atoms with van der Waals surface area (Å²) < 4.78 is 1.78. The Morgan fingerprint density at radius 1 is 1.16 bits per heavy atom. The van der Waals surface area contributed by atoms with E-state index in [2.05, 4.69) is 15.3 Å². The van der Waals surface area contributed by atoms with Crippen LogP contribution in [0.3, 0.4) is 0 Å². The summed E-state index contributed by atoms with van der Waals surface area (Å²) in [6.07, 6.45) is 5.97. The molecule has 25 heavy (non-hydrogen) atoms. The smallest absolute Gasteiger partial charge is 0.261 e. The van der Waals surface area contributed by atoms with E-state index in [1.165, 1.54) is 0 Å². The van der Waals surface area contributed by atoms with Gasteiger partial charge in [0.2, 0.25) is 5.91 Å². The first-order valence-electron chi connectivity index (χ1n) is 8.42. The monoisotopic (exact) mass is 334 g/mol. The zero-order valence-corrected chi connectivity index (χ0v) is 13.7. The molecule has 2 aromatic heterocycles. The Bertz CT molecular complexity index is 978. The number of nitrogens with one attached hydrogen (secondary N) is 1. The van der Waals surface area contributed by atoms with Crippen LogP contribution >= 0.6 is 0 Å². The van der Waals surface area contributed by atoms with Crippen molar-refractivity contribution in [3.63, 3.8) is 0 Å². The Hall–Kier alpha value is -3.02. The third-order valence-corrected chi connectivity index (χ3v) is 4.33. The Morgan fingerprint density at radius 3 is 2.68 bits per heavy atom. The minimum atomic E-state index is -0.101. The third kappa shape index (κ3) is 3.28. The second kappa shape index (κ2) is 6.47. The van der Waals surface area contributed by atoms with E-state index < -0.39 is 0 Å². The van der Waals surface area contributed by atoms with Gasteiger partial charge in [-0.25, -0.2) is 4.98 Å². The lowest BCUT2D eigenvalue weighted by atomic mass is 10.2. The summed E-state index contributed by atoms with van der Waals surface area (Å²) in [7, 11) is 0. The molecule has 4 rings (SSSR count). The lowest BCUT2D eigenvalue weighted by Crippen LogP contribution is -2.25. The summed E-state index contributed by atoms with van der Waals surface area (Å²) in [5, 5.41) is 3.47. The van der Waals surface area contributed by atoms with Gasteiger partial charge < -0.3 is 5.32 Å². The summed E-state index contributed by atoms with van der Waals surface area (Å²) in [6.45, 7) is 0. The van der Waals surface area contributed by atoms with E-state index in [0.29, 0.717) is 28.8 Å². The normalized spacial score (nSPS) is 13.8. The Balaban J connectivity index is 1.57. The maximum atomic E-state index is 12.8. The number of pyridine rings is 1. The molecule has 0 aliphatic heterocycles. The summed E-state index contributed by atoms with van der Waals surface area (Å²) >= 11 is 0. The molecule has 0 radical (unpaired) electrons. The van der Waals surface area contributed by atoms with Crippen LogP contribution in [0.5, 0.6) is 0 Å². The number of hydrogen-bond acceptors (Lipinski definition) is 4. The number of nitrogens with zero attached hydrogens (tertiary/aromatic N) is 3. The number of rotatable bonds is 5. The molecule has 0 saturated heterocycles. The van der Waals surface area contributed by atoms with Gasteiger partial charge in [-0.15, -0.1) is 0 Å². The van der Waals surface area contributed by atoms with Gasteiger partial charge in [-0.05, 0) is 37.1 Å². The Labute approximate surface area is 144 Å². The molecular weight excluding hydrogens is 316 g/mol. The van der Waals surface area contributed by atoms with Crippen molar-refractivity contribution in [1.29, 1.82) is 0 Å². The second-order valence-corrected chi connectivity index (χ2v) is 6.24. The number of aromatic nitrogens is 3. The van der Waals surface area contributed by atoms with Gasteiger partial charge in [-0.2, -0.15) is 0 Å². The first kappa shape index (κ1) is 15.5. The number of aryl methyl sites for hydroxylation is 1. The summed E-state index contributed by atoms with van der Waals surface area (Å²) in [5.41, 5.74) is 1.40. The van der Waals surface area contributed by atoms with Gasteiger partial charge in [-0.1, -0.05) is 12.1 Å². The molecule has 6 nitrogen and oxygen atoms in total. The molecule has 1 N–H and O–H groups in total. The van der Waals surface area contributed by atoms with E-state index in [9.17, 15) is 9.59 Å². The van der Waals surface area contributed by atoms with Crippen molar-refractivity contribution in [2.45, 2.75) is 31.7 Å². The average Bonchev–Trinajstić information content (AvgIpc) is 3.46. The average molecular weight is 334 g/mol. The first-order chi connectivity index (χ1) is 12.2. The zero-order valence-electron chi connectivity index (χ0n) is 13.7. The number of carbonyl (C=O) groups is 1. The van der Waals surface area contributed by atoms with E-state index in [1.807, 2.05) is 24.3 Å². The van der Waals surface area contributed by atoms with Gasteiger partial charge in [0.15, 0.2) is 0 Å². The number of fused-ring (bicyclic) bond motifs is 1. The minimum Gasteiger partial charge on any atom is -0.326 e. The van der Waals surface area contributed by atoms with Gasteiger partial charge in [0.25, 0.3) is 5.56 Å². The van der Waals surface area contributed by atoms with Crippen LogP contribution in [-0.2, 0) is 11.2 Å². The molecule has 0 spiro atoms. The fraction of sp³-hybridized carbons (Fsp3) is 0.263. The van der Waals surface area contributed by atoms with Crippen LogP contribution in [-0.4, -0.2) is 20.4 Å². The van der Waals surface area contributed by atoms with Gasteiger partial charge in [0.05, 0.1) is 10.9 Å². The topological polar surface area (TPSA) is 76.9 Å². The molecule has 1 aliphatic carbocycles. The molecule has 3 aromatic rings. The molecule has 2 heterocycles. The van der Waals surface area contributed by atoms with E-state index in [4.69, 9.17) is 0 Å². The quantitative estimate of drug-likeness (QED) is 0.778. The lowest BCUT2D eigenvalue weighted by molar-refractivity contribution is -0.116. The molecule has 0 unspecified atom stereocenters. The summed E-state index contributed by atoms with van der Waals surface area (Å²) in [6, 6.07) is 11.1. The van der Waals surface area contributed by atoms with Crippen molar-refractivity contribution in [3.05, 3.63) is 65.0 Å². The molecule has 1 aliphatic rings. The van der Waals surface area contributed by atoms with Crippen LogP contribution < -0.4 is 10.9 Å². The van der Waals surface area contributed by atoms with Crippen LogP contribution in [0, 0.1) is 0 Å². The van der Waals surface area contributed by atoms with Crippen molar-refractivity contribution in [1.82, 2.24) is 14.5 Å². The summed E-state index contributed by atoms with van der Waals surface area (Å²) in [4.78, 5) is 33.5. The highest BCUT2D eigenvalue weighted by molar-refractivity contribution is 5.90. The number of para-hydroxylation sites is 1. The van der Waals surface area contributed by atoms with E-state index in [0.717, 1.165) is 12.8 Å². The van der Waals surface area contributed by atoms with Gasteiger partial charge >= 0.3 is 0 Å². The second-order valence-electron chi connectivity index (χ2n) is 6.24. The van der Waals surface area contributed by atoms with E-state index in [-0.39, 0.29) is 23.9 Å². The highest BCUT2D eigenvalue weighted by Crippen LogP contribution is 2.34. The number of anilines is 1. The predicted octanol–water partition coefficient (Wildman–Crippen LogP) is 2.70. The largest absolute Gasteiger partial charge is 0.326 e. The maximum absolute atomic E-state index is 12.8. The molecule has 1 amide bonds. The van der Waals surface area contributed by atoms with E-state index in [1.54, 1.807) is 29.1 Å². The molecule has 126 valence electrons. The standard InChI is InChI=1S/C19H18N4O2/c24-18(21-13-9-11-20-12-10-13)8-7-17-22-16-4-2-1-3-15(16)19(25)23(17)14-5-6-14/h1-4,9-12,14H,5-8H2,(H,20,21,24). The van der Waals surface area contributed by atoms with Gasteiger partial charge in [0, 0.05) is 37.0 Å². The highest BCUT2D eigenvalue weighted by atomic mass is 16.1. The third-order valence-electron chi connectivity index (χ3n) is 4.33. The van der Waals surface area contributed by atoms with Crippen molar-refractivity contribution in [2.24, 2.45) is 0 Å². The maximum Gasteiger partial charge on any atom is 0.261 e. The van der Waals surface area contributed by atoms with Crippen molar-refractivity contribution in [3.8, 4) is 0 Å². The summed E-state index contributed by atoms with van der Waals surface area (Å²) in [5.74, 6) is 0.590. The Morgan fingerprint density at radius 2 is 1.92 bits per heavy atom. The van der Waals surface area contributed by atoms with Crippen LogP contribution in [0.1, 0.15) is 31.1 Å². The number of amides is 1. The van der Waals surface area contributed by atoms with Gasteiger partial charge in [-0.3, -0.25) is 19.1 Å². The molecule has 1 aromatic carbocycles. The molecule has 0 atom stereocenters. The fourth-order valence-electron chi connectivity index (χ4n) is 2.96. The lowest BCUT2D eigenvalue weighted by Gasteiger charge is -2.13. The van der Waals surface area contributed by atoms with Crippen LogP contribution in [0.15, 0.2) is 53.6 Å². The fourth-order valence-corrected chi connectivity index (χ4v) is 2.96. The zero-order chi connectivity index (χ0) is 17.2. The molecule has 6 heteroatoms. The predicted molar refractivity (Wildman–Crippen MR) is 95.5 cm³/mol. The highest BCUT2D eigenvalue weighted by Gasteiger charge is 2.28. The minimum absolute atomic E-state index is 0.00218. The van der Waals surface area contributed by atoms with Crippen molar-refractivity contribution in [2.75, 3.05) is 5.32 Å². The van der Waals surface area contributed by atoms with Crippen LogP contribution in [0.2, 0.25) is 0 Å². The number of hydrogen-bond donors (Lipinski definition) is 1. The molecule has 0 bridgehead atoms. The van der Waals surface area contributed by atoms with Crippen molar-refractivity contribution < 1.29 is 4.79 Å². The molecular formula is C19H18N4O2. The Kier molecular flexibility index (Phi) is 4.01. The number of carbonyl (C=O) groups excluding carboxylic acids is 1. The van der Waals surface area contributed by atoms with Crippen LogP contribution in [0.4, 0.5) is 5.69 Å². The van der Waals surface area contributed by atoms with E-state index >= 15 is 0 Å². The molecule has 1 fully saturated rings. The van der Waals surface area contributed by atoms with Crippen LogP contribution in [0.25, 0.3) is 10.9 Å². The SMILES string of the molecule is O=C(CCc1nc2ccccc2c(=O)n1C1CC1)Nc1ccncc1. The van der Waals surface area contributed by atoms with Gasteiger partial charge in [0.1, 0.15) is 5.82 Å².